The van der Waals surface area contributed by atoms with Crippen molar-refractivity contribution < 1.29 is 14.1 Å². The zero-order chi connectivity index (χ0) is 19.7. The molecule has 0 aliphatic carbocycles. The summed E-state index contributed by atoms with van der Waals surface area (Å²) in [6.07, 6.45) is 0. The number of anilines is 2. The minimum Gasteiger partial charge on any atom is -0.345 e. The first-order valence-electron chi connectivity index (χ1n) is 8.61. The Morgan fingerprint density at radius 1 is 1.14 bits per heavy atom. The van der Waals surface area contributed by atoms with Crippen molar-refractivity contribution in [3.8, 4) is 0 Å². The van der Waals surface area contributed by atoms with Crippen molar-refractivity contribution in [2.75, 3.05) is 36.4 Å². The van der Waals surface area contributed by atoms with Gasteiger partial charge in [0, 0.05) is 44.0 Å². The van der Waals surface area contributed by atoms with Gasteiger partial charge in [0.25, 0.3) is 5.69 Å². The van der Waals surface area contributed by atoms with Crippen LogP contribution in [0.5, 0.6) is 0 Å². The third-order valence-corrected chi connectivity index (χ3v) is 5.58. The molecule has 0 radical (unpaired) electrons. The molecule has 1 aliphatic rings. The number of aromatic nitrogens is 1. The molecule has 0 unspecified atom stereocenters. The minimum absolute atomic E-state index is 0.0463. The van der Waals surface area contributed by atoms with Gasteiger partial charge in [0.15, 0.2) is 5.13 Å². The highest BCUT2D eigenvalue weighted by Crippen LogP contribution is 2.31. The monoisotopic (exact) mass is 401 g/mol. The maximum Gasteiger partial charge on any atom is 0.321 e. The summed E-state index contributed by atoms with van der Waals surface area (Å²) in [5, 5.41) is 14.5. The Labute approximate surface area is 163 Å². The lowest BCUT2D eigenvalue weighted by atomic mass is 10.3. The molecule has 1 saturated heterocycles. The Kier molecular flexibility index (Phi) is 4.78. The second-order valence-electron chi connectivity index (χ2n) is 6.32. The quantitative estimate of drug-likeness (QED) is 0.534. The van der Waals surface area contributed by atoms with Gasteiger partial charge in [-0.1, -0.05) is 11.3 Å². The summed E-state index contributed by atoms with van der Waals surface area (Å²) >= 11 is 1.40. The number of piperazine rings is 1. The highest BCUT2D eigenvalue weighted by Gasteiger charge is 2.23. The molecular weight excluding hydrogens is 385 g/mol. The molecule has 2 heterocycles. The first-order chi connectivity index (χ1) is 13.5. The lowest BCUT2D eigenvalue weighted by Gasteiger charge is -2.34. The number of halogens is 1. The standard InChI is InChI=1S/C18H16FN5O3S/c19-12-1-3-13(4-2-12)20-17(25)22-7-9-23(10-8-22)18-21-15-6-5-14(24(26)27)11-16(15)28-18/h1-6,11H,7-10H2,(H,20,25). The van der Waals surface area contributed by atoms with Gasteiger partial charge in [0.2, 0.25) is 0 Å². The molecule has 2 aromatic carbocycles. The van der Waals surface area contributed by atoms with Crippen LogP contribution in [-0.4, -0.2) is 47.0 Å². The van der Waals surface area contributed by atoms with Crippen molar-refractivity contribution in [3.63, 3.8) is 0 Å². The fraction of sp³-hybridized carbons (Fsp3) is 0.222. The molecule has 10 heteroatoms. The SMILES string of the molecule is O=C(Nc1ccc(F)cc1)N1CCN(c2nc3ccc([N+](=O)[O-])cc3s2)CC1. The molecule has 0 bridgehead atoms. The maximum atomic E-state index is 13.0. The molecule has 8 nitrogen and oxygen atoms in total. The second-order valence-corrected chi connectivity index (χ2v) is 7.33. The van der Waals surface area contributed by atoms with Gasteiger partial charge in [-0.3, -0.25) is 10.1 Å². The van der Waals surface area contributed by atoms with Crippen LogP contribution < -0.4 is 10.2 Å². The molecule has 28 heavy (non-hydrogen) atoms. The van der Waals surface area contributed by atoms with Crippen LogP contribution in [0.3, 0.4) is 0 Å². The number of nitro groups is 1. The molecule has 0 saturated carbocycles. The number of hydrogen-bond donors (Lipinski definition) is 1. The summed E-state index contributed by atoms with van der Waals surface area (Å²) in [6.45, 7) is 2.25. The van der Waals surface area contributed by atoms with Crippen LogP contribution in [0.4, 0.5) is 25.7 Å². The predicted octanol–water partition coefficient (Wildman–Crippen LogP) is 3.70. The maximum absolute atomic E-state index is 13.0. The lowest BCUT2D eigenvalue weighted by molar-refractivity contribution is -0.384. The van der Waals surface area contributed by atoms with Gasteiger partial charge >= 0.3 is 6.03 Å². The third kappa shape index (κ3) is 3.72. The molecule has 1 aliphatic heterocycles. The Hall–Kier alpha value is -3.27. The van der Waals surface area contributed by atoms with Crippen molar-refractivity contribution in [2.24, 2.45) is 0 Å². The summed E-state index contributed by atoms with van der Waals surface area (Å²) in [7, 11) is 0. The number of non-ortho nitro benzene ring substituents is 1. The Balaban J connectivity index is 1.39. The number of fused-ring (bicyclic) bond motifs is 1. The number of hydrogen-bond acceptors (Lipinski definition) is 6. The predicted molar refractivity (Wildman–Crippen MR) is 105 cm³/mol. The van der Waals surface area contributed by atoms with Crippen LogP contribution in [0.15, 0.2) is 42.5 Å². The van der Waals surface area contributed by atoms with Crippen molar-refractivity contribution in [2.45, 2.75) is 0 Å². The van der Waals surface area contributed by atoms with E-state index < -0.39 is 4.92 Å². The van der Waals surface area contributed by atoms with Gasteiger partial charge < -0.3 is 15.1 Å². The third-order valence-electron chi connectivity index (χ3n) is 4.50. The Bertz CT molecular complexity index is 1030. The smallest absolute Gasteiger partial charge is 0.321 e. The molecule has 1 N–H and O–H groups in total. The van der Waals surface area contributed by atoms with E-state index in [2.05, 4.69) is 15.2 Å². The molecule has 0 spiro atoms. The average molecular weight is 401 g/mol. The first-order valence-corrected chi connectivity index (χ1v) is 9.43. The molecule has 144 valence electrons. The van der Waals surface area contributed by atoms with Gasteiger partial charge in [-0.2, -0.15) is 0 Å². The highest BCUT2D eigenvalue weighted by molar-refractivity contribution is 7.22. The van der Waals surface area contributed by atoms with E-state index in [4.69, 9.17) is 0 Å². The van der Waals surface area contributed by atoms with E-state index in [1.54, 1.807) is 11.0 Å². The van der Waals surface area contributed by atoms with Crippen LogP contribution in [0.25, 0.3) is 10.2 Å². The van der Waals surface area contributed by atoms with Crippen LogP contribution in [0.2, 0.25) is 0 Å². The van der Waals surface area contributed by atoms with E-state index in [0.29, 0.717) is 31.9 Å². The largest absolute Gasteiger partial charge is 0.345 e. The minimum atomic E-state index is -0.419. The fourth-order valence-electron chi connectivity index (χ4n) is 2.99. The van der Waals surface area contributed by atoms with Crippen LogP contribution in [-0.2, 0) is 0 Å². The number of nitrogens with zero attached hydrogens (tertiary/aromatic N) is 4. The number of carbonyl (C=O) groups is 1. The molecule has 2 amide bonds. The summed E-state index contributed by atoms with van der Waals surface area (Å²) in [6, 6.07) is 10.0. The number of amides is 2. The van der Waals surface area contributed by atoms with E-state index in [9.17, 15) is 19.3 Å². The van der Waals surface area contributed by atoms with E-state index >= 15 is 0 Å². The van der Waals surface area contributed by atoms with Crippen LogP contribution in [0.1, 0.15) is 0 Å². The summed E-state index contributed by atoms with van der Waals surface area (Å²) in [5.41, 5.74) is 1.31. The molecular formula is C18H16FN5O3S. The van der Waals surface area contributed by atoms with Crippen LogP contribution in [0, 0.1) is 15.9 Å². The molecule has 0 atom stereocenters. The number of urea groups is 1. The fourth-order valence-corrected chi connectivity index (χ4v) is 4.04. The van der Waals surface area contributed by atoms with Gasteiger partial charge in [-0.15, -0.1) is 0 Å². The van der Waals surface area contributed by atoms with Gasteiger partial charge in [0.1, 0.15) is 5.82 Å². The zero-order valence-corrected chi connectivity index (χ0v) is 15.5. The highest BCUT2D eigenvalue weighted by atomic mass is 32.1. The summed E-state index contributed by atoms with van der Waals surface area (Å²) < 4.78 is 13.7. The summed E-state index contributed by atoms with van der Waals surface area (Å²) in [5.74, 6) is -0.354. The topological polar surface area (TPSA) is 91.6 Å². The Morgan fingerprint density at radius 2 is 1.86 bits per heavy atom. The number of benzene rings is 2. The van der Waals surface area contributed by atoms with Crippen molar-refractivity contribution in [1.82, 2.24) is 9.88 Å². The lowest BCUT2D eigenvalue weighted by Crippen LogP contribution is -2.50. The van der Waals surface area contributed by atoms with Crippen molar-refractivity contribution in [3.05, 3.63) is 58.4 Å². The van der Waals surface area contributed by atoms with Crippen molar-refractivity contribution >= 4 is 44.1 Å². The first kappa shape index (κ1) is 18.1. The van der Waals surface area contributed by atoms with Gasteiger partial charge in [0.05, 0.1) is 15.1 Å². The van der Waals surface area contributed by atoms with Crippen LogP contribution >= 0.6 is 11.3 Å². The van der Waals surface area contributed by atoms with E-state index in [-0.39, 0.29) is 17.5 Å². The van der Waals surface area contributed by atoms with E-state index in [1.165, 1.54) is 47.7 Å². The van der Waals surface area contributed by atoms with Crippen molar-refractivity contribution in [1.29, 1.82) is 0 Å². The summed E-state index contributed by atoms with van der Waals surface area (Å²) in [4.78, 5) is 31.2. The molecule has 1 aromatic heterocycles. The molecule has 3 aromatic rings. The number of nitro benzene ring substituents is 1. The number of thiazole rings is 1. The van der Waals surface area contributed by atoms with Gasteiger partial charge in [-0.25, -0.2) is 14.2 Å². The average Bonchev–Trinajstić information content (AvgIpc) is 3.13. The molecule has 4 rings (SSSR count). The zero-order valence-electron chi connectivity index (χ0n) is 14.7. The number of nitrogens with one attached hydrogen (secondary N) is 1. The number of rotatable bonds is 3. The van der Waals surface area contributed by atoms with E-state index in [1.807, 2.05) is 0 Å². The Morgan fingerprint density at radius 3 is 2.54 bits per heavy atom. The number of carbonyl (C=O) groups excluding carboxylic acids is 1. The van der Waals surface area contributed by atoms with E-state index in [0.717, 1.165) is 15.3 Å². The molecule has 1 fully saturated rings. The normalized spacial score (nSPS) is 14.3. The van der Waals surface area contributed by atoms with Gasteiger partial charge in [-0.05, 0) is 30.3 Å². The second kappa shape index (κ2) is 7.39.